The second kappa shape index (κ2) is 4.63. The van der Waals surface area contributed by atoms with Gasteiger partial charge in [-0.05, 0) is 44.9 Å². The Bertz CT molecular complexity index is 183. The number of nitrogens with two attached hydrogens (primary N) is 1. The van der Waals surface area contributed by atoms with Crippen molar-refractivity contribution < 1.29 is 4.74 Å². The molecule has 2 rings (SSSR count). The lowest BCUT2D eigenvalue weighted by Crippen LogP contribution is -2.35. The van der Waals surface area contributed by atoms with Crippen LogP contribution in [0.3, 0.4) is 0 Å². The lowest BCUT2D eigenvalue weighted by molar-refractivity contribution is 0.0345. The van der Waals surface area contributed by atoms with E-state index in [1.54, 1.807) is 0 Å². The maximum Gasteiger partial charge on any atom is 0.0583 e. The lowest BCUT2D eigenvalue weighted by atomic mass is 9.81. The fourth-order valence-electron chi connectivity index (χ4n) is 2.93. The minimum Gasteiger partial charge on any atom is -0.375 e. The van der Waals surface area contributed by atoms with Crippen LogP contribution in [0, 0.1) is 5.92 Å². The first-order chi connectivity index (χ1) is 6.75. The second-order valence-electron chi connectivity index (χ2n) is 5.09. The molecule has 0 radical (unpaired) electrons. The second-order valence-corrected chi connectivity index (χ2v) is 5.09. The van der Waals surface area contributed by atoms with E-state index in [1.807, 2.05) is 0 Å². The van der Waals surface area contributed by atoms with Gasteiger partial charge >= 0.3 is 0 Å². The van der Waals surface area contributed by atoms with Crippen LogP contribution in [-0.4, -0.2) is 18.2 Å². The van der Waals surface area contributed by atoms with Crippen molar-refractivity contribution in [3.63, 3.8) is 0 Å². The van der Waals surface area contributed by atoms with Gasteiger partial charge in [0.15, 0.2) is 0 Å². The van der Waals surface area contributed by atoms with E-state index in [0.717, 1.165) is 5.92 Å². The zero-order valence-corrected chi connectivity index (χ0v) is 9.24. The average Bonchev–Trinajstić information content (AvgIpc) is 2.56. The number of hydrogen-bond acceptors (Lipinski definition) is 2. The third-order valence-corrected chi connectivity index (χ3v) is 3.85. The molecule has 0 aromatic heterocycles. The monoisotopic (exact) mass is 197 g/mol. The molecule has 0 spiro atoms. The molecule has 2 aliphatic rings. The molecule has 2 fully saturated rings. The summed E-state index contributed by atoms with van der Waals surface area (Å²) >= 11 is 0. The first-order valence-corrected chi connectivity index (χ1v) is 6.16. The molecule has 1 saturated heterocycles. The maximum atomic E-state index is 6.14. The fourth-order valence-corrected chi connectivity index (χ4v) is 2.93. The molecule has 1 heterocycles. The summed E-state index contributed by atoms with van der Waals surface area (Å²) < 4.78 is 5.86. The predicted molar refractivity (Wildman–Crippen MR) is 58.1 cm³/mol. The molecular weight excluding hydrogens is 174 g/mol. The Labute approximate surface area is 87.2 Å². The smallest absolute Gasteiger partial charge is 0.0583 e. The van der Waals surface area contributed by atoms with Gasteiger partial charge < -0.3 is 10.5 Å². The summed E-state index contributed by atoms with van der Waals surface area (Å²) in [5, 5.41) is 0. The summed E-state index contributed by atoms with van der Waals surface area (Å²) in [5.41, 5.74) is 6.14. The summed E-state index contributed by atoms with van der Waals surface area (Å²) in [7, 11) is 0. The number of ether oxygens (including phenoxy) is 1. The molecule has 0 amide bonds. The summed E-state index contributed by atoms with van der Waals surface area (Å²) in [6, 6.07) is 0.447. The van der Waals surface area contributed by atoms with Gasteiger partial charge in [0.2, 0.25) is 0 Å². The van der Waals surface area contributed by atoms with Crippen LogP contribution in [-0.2, 0) is 4.74 Å². The molecule has 14 heavy (non-hydrogen) atoms. The van der Waals surface area contributed by atoms with Gasteiger partial charge in [-0.1, -0.05) is 12.8 Å². The van der Waals surface area contributed by atoms with Crippen LogP contribution in [0.4, 0.5) is 0 Å². The molecule has 82 valence electrons. The summed E-state index contributed by atoms with van der Waals surface area (Å²) in [5.74, 6) is 0.735. The van der Waals surface area contributed by atoms with Gasteiger partial charge in [-0.3, -0.25) is 0 Å². The van der Waals surface area contributed by atoms with Crippen molar-refractivity contribution in [2.75, 3.05) is 0 Å². The van der Waals surface area contributed by atoms with Crippen LogP contribution in [0.1, 0.15) is 51.9 Å². The van der Waals surface area contributed by atoms with E-state index >= 15 is 0 Å². The van der Waals surface area contributed by atoms with E-state index in [-0.39, 0.29) is 0 Å². The molecule has 0 bridgehead atoms. The van der Waals surface area contributed by atoms with Crippen LogP contribution in [0.2, 0.25) is 0 Å². The Morgan fingerprint density at radius 3 is 2.57 bits per heavy atom. The largest absolute Gasteiger partial charge is 0.375 e. The van der Waals surface area contributed by atoms with Gasteiger partial charge in [0.05, 0.1) is 12.2 Å². The molecule has 1 saturated carbocycles. The zero-order chi connectivity index (χ0) is 9.97. The number of hydrogen-bond donors (Lipinski definition) is 1. The normalized spacial score (nSPS) is 44.1. The van der Waals surface area contributed by atoms with Crippen LogP contribution >= 0.6 is 0 Å². The van der Waals surface area contributed by atoms with Crippen molar-refractivity contribution in [3.8, 4) is 0 Å². The average molecular weight is 197 g/mol. The molecular formula is C12H23NO. The SMILES string of the molecule is CC1CCC(CC2CCCCC2N)O1. The third-order valence-electron chi connectivity index (χ3n) is 3.85. The predicted octanol–water partition coefficient (Wildman–Crippen LogP) is 2.46. The van der Waals surface area contributed by atoms with Crippen LogP contribution in [0.25, 0.3) is 0 Å². The highest BCUT2D eigenvalue weighted by molar-refractivity contribution is 4.82. The van der Waals surface area contributed by atoms with Crippen LogP contribution in [0.15, 0.2) is 0 Å². The molecule has 2 nitrogen and oxygen atoms in total. The van der Waals surface area contributed by atoms with E-state index in [0.29, 0.717) is 18.2 Å². The summed E-state index contributed by atoms with van der Waals surface area (Å²) in [6.45, 7) is 2.18. The highest BCUT2D eigenvalue weighted by Gasteiger charge is 2.29. The van der Waals surface area contributed by atoms with Crippen molar-refractivity contribution in [1.29, 1.82) is 0 Å². The van der Waals surface area contributed by atoms with E-state index < -0.39 is 0 Å². The Hall–Kier alpha value is -0.0800. The van der Waals surface area contributed by atoms with Crippen molar-refractivity contribution in [2.24, 2.45) is 11.7 Å². The first kappa shape index (κ1) is 10.4. The van der Waals surface area contributed by atoms with Crippen molar-refractivity contribution in [3.05, 3.63) is 0 Å². The molecule has 2 heteroatoms. The highest BCUT2D eigenvalue weighted by Crippen LogP contribution is 2.31. The molecule has 1 aliphatic carbocycles. The summed E-state index contributed by atoms with van der Waals surface area (Å²) in [6.07, 6.45) is 9.98. The Morgan fingerprint density at radius 2 is 1.93 bits per heavy atom. The molecule has 2 N–H and O–H groups in total. The van der Waals surface area contributed by atoms with Gasteiger partial charge in [0.1, 0.15) is 0 Å². The Balaban J connectivity index is 1.78. The van der Waals surface area contributed by atoms with Crippen LogP contribution in [0.5, 0.6) is 0 Å². The first-order valence-electron chi connectivity index (χ1n) is 6.16. The van der Waals surface area contributed by atoms with E-state index in [9.17, 15) is 0 Å². The quantitative estimate of drug-likeness (QED) is 0.738. The fraction of sp³-hybridized carbons (Fsp3) is 1.00. The molecule has 0 aromatic rings. The number of rotatable bonds is 2. The van der Waals surface area contributed by atoms with E-state index in [2.05, 4.69) is 6.92 Å². The Morgan fingerprint density at radius 1 is 1.14 bits per heavy atom. The molecule has 1 aliphatic heterocycles. The standard InChI is InChI=1S/C12H23NO/c1-9-6-7-11(14-9)8-10-4-2-3-5-12(10)13/h9-12H,2-8,13H2,1H3. The third kappa shape index (κ3) is 2.48. The van der Waals surface area contributed by atoms with Crippen LogP contribution < -0.4 is 5.73 Å². The van der Waals surface area contributed by atoms with Gasteiger partial charge in [0.25, 0.3) is 0 Å². The minimum atomic E-state index is 0.447. The van der Waals surface area contributed by atoms with Crippen molar-refractivity contribution >= 4 is 0 Å². The molecule has 0 aromatic carbocycles. The van der Waals surface area contributed by atoms with Gasteiger partial charge in [-0.15, -0.1) is 0 Å². The minimum absolute atomic E-state index is 0.447. The van der Waals surface area contributed by atoms with Gasteiger partial charge in [-0.2, -0.15) is 0 Å². The zero-order valence-electron chi connectivity index (χ0n) is 9.24. The van der Waals surface area contributed by atoms with Gasteiger partial charge in [-0.25, -0.2) is 0 Å². The van der Waals surface area contributed by atoms with E-state index in [1.165, 1.54) is 44.9 Å². The molecule has 4 atom stereocenters. The topological polar surface area (TPSA) is 35.2 Å². The summed E-state index contributed by atoms with van der Waals surface area (Å²) in [4.78, 5) is 0. The molecule has 4 unspecified atom stereocenters. The highest BCUT2D eigenvalue weighted by atomic mass is 16.5. The van der Waals surface area contributed by atoms with Crippen molar-refractivity contribution in [2.45, 2.75) is 70.1 Å². The van der Waals surface area contributed by atoms with Crippen molar-refractivity contribution in [1.82, 2.24) is 0 Å². The van der Waals surface area contributed by atoms with Gasteiger partial charge in [0, 0.05) is 6.04 Å². The maximum absolute atomic E-state index is 6.14. The Kier molecular flexibility index (Phi) is 3.45. The lowest BCUT2D eigenvalue weighted by Gasteiger charge is -2.30. The van der Waals surface area contributed by atoms with E-state index in [4.69, 9.17) is 10.5 Å².